The van der Waals surface area contributed by atoms with Crippen LogP contribution in [0.2, 0.25) is 0 Å². The van der Waals surface area contributed by atoms with Crippen LogP contribution in [0.3, 0.4) is 0 Å². The Morgan fingerprint density at radius 1 is 1.32 bits per heavy atom. The zero-order chi connectivity index (χ0) is 13.7. The van der Waals surface area contributed by atoms with E-state index in [4.69, 9.17) is 18.0 Å². The second kappa shape index (κ2) is 7.22. The highest BCUT2D eigenvalue weighted by molar-refractivity contribution is 9.10. The number of thiocarbonyl (C=S) groups is 1. The molecule has 0 aliphatic carbocycles. The second-order valence-electron chi connectivity index (χ2n) is 4.88. The Labute approximate surface area is 128 Å². The number of hydrogen-bond acceptors (Lipinski definition) is 3. The third kappa shape index (κ3) is 4.44. The molecule has 0 spiro atoms. The number of anilines is 1. The number of piperidine rings is 1. The molecule has 0 radical (unpaired) electrons. The van der Waals surface area contributed by atoms with E-state index in [2.05, 4.69) is 26.1 Å². The molecule has 104 valence electrons. The fourth-order valence-corrected chi connectivity index (χ4v) is 2.94. The van der Waals surface area contributed by atoms with Gasteiger partial charge in [-0.15, -0.1) is 0 Å². The number of nitrogens with zero attached hydrogens (tertiary/aromatic N) is 1. The third-order valence-corrected chi connectivity index (χ3v) is 4.15. The molecule has 0 atom stereocenters. The Kier molecular flexibility index (Phi) is 5.60. The first-order valence-corrected chi connectivity index (χ1v) is 7.92. The van der Waals surface area contributed by atoms with E-state index in [1.807, 2.05) is 18.2 Å². The van der Waals surface area contributed by atoms with E-state index in [-0.39, 0.29) is 0 Å². The molecule has 1 saturated heterocycles. The molecule has 0 saturated carbocycles. The summed E-state index contributed by atoms with van der Waals surface area (Å²) < 4.78 is 0.997. The van der Waals surface area contributed by atoms with Crippen LogP contribution >= 0.6 is 28.1 Å². The van der Waals surface area contributed by atoms with Crippen LogP contribution in [-0.4, -0.2) is 36.1 Å². The van der Waals surface area contributed by atoms with Crippen LogP contribution < -0.4 is 11.1 Å². The lowest BCUT2D eigenvalue weighted by atomic mass is 10.1. The van der Waals surface area contributed by atoms with Crippen molar-refractivity contribution in [1.82, 2.24) is 4.90 Å². The van der Waals surface area contributed by atoms with Crippen LogP contribution in [0.4, 0.5) is 5.69 Å². The van der Waals surface area contributed by atoms with Gasteiger partial charge in [0.2, 0.25) is 0 Å². The quantitative estimate of drug-likeness (QED) is 0.808. The maximum atomic E-state index is 5.76. The van der Waals surface area contributed by atoms with E-state index in [0.717, 1.165) is 28.8 Å². The molecule has 3 N–H and O–H groups in total. The monoisotopic (exact) mass is 341 g/mol. The standard InChI is InChI=1S/C14H20BrN3S/c15-11-4-5-13(12(10-11)14(16)19)17-6-9-18-7-2-1-3-8-18/h4-5,10,17H,1-3,6-9H2,(H2,16,19). The summed E-state index contributed by atoms with van der Waals surface area (Å²) in [5.74, 6) is 0. The van der Waals surface area contributed by atoms with Gasteiger partial charge in [0.15, 0.2) is 0 Å². The van der Waals surface area contributed by atoms with Crippen LogP contribution in [0.15, 0.2) is 22.7 Å². The molecule has 1 aliphatic rings. The smallest absolute Gasteiger partial charge is 0.106 e. The van der Waals surface area contributed by atoms with Gasteiger partial charge in [-0.05, 0) is 44.1 Å². The molecule has 0 amide bonds. The van der Waals surface area contributed by atoms with Crippen molar-refractivity contribution in [3.8, 4) is 0 Å². The SMILES string of the molecule is NC(=S)c1cc(Br)ccc1NCCN1CCCCC1. The Balaban J connectivity index is 1.89. The van der Waals surface area contributed by atoms with Gasteiger partial charge in [-0.2, -0.15) is 0 Å². The fourth-order valence-electron chi connectivity index (χ4n) is 2.41. The number of rotatable bonds is 5. The van der Waals surface area contributed by atoms with Crippen molar-refractivity contribution < 1.29 is 0 Å². The first-order chi connectivity index (χ1) is 9.16. The minimum atomic E-state index is 0.432. The summed E-state index contributed by atoms with van der Waals surface area (Å²) in [6.07, 6.45) is 4.04. The van der Waals surface area contributed by atoms with Crippen LogP contribution in [0.25, 0.3) is 0 Å². The predicted octanol–water partition coefficient (Wildman–Crippen LogP) is 2.98. The molecule has 1 aromatic carbocycles. The summed E-state index contributed by atoms with van der Waals surface area (Å²) in [6, 6.07) is 5.99. The summed E-state index contributed by atoms with van der Waals surface area (Å²) in [5, 5.41) is 3.44. The van der Waals surface area contributed by atoms with E-state index in [9.17, 15) is 0 Å². The highest BCUT2D eigenvalue weighted by Gasteiger charge is 2.10. The van der Waals surface area contributed by atoms with Gasteiger partial charge in [-0.25, -0.2) is 0 Å². The molecule has 1 aliphatic heterocycles. The number of likely N-dealkylation sites (tertiary alicyclic amines) is 1. The zero-order valence-electron chi connectivity index (χ0n) is 11.0. The Hall–Kier alpha value is -0.650. The van der Waals surface area contributed by atoms with Gasteiger partial charge in [0.25, 0.3) is 0 Å². The van der Waals surface area contributed by atoms with Gasteiger partial charge >= 0.3 is 0 Å². The number of nitrogens with two attached hydrogens (primary N) is 1. The highest BCUT2D eigenvalue weighted by Crippen LogP contribution is 2.21. The van der Waals surface area contributed by atoms with Crippen molar-refractivity contribution in [2.45, 2.75) is 19.3 Å². The van der Waals surface area contributed by atoms with Gasteiger partial charge in [-0.3, -0.25) is 0 Å². The highest BCUT2D eigenvalue weighted by atomic mass is 79.9. The van der Waals surface area contributed by atoms with Gasteiger partial charge in [0.05, 0.1) is 0 Å². The van der Waals surface area contributed by atoms with Gasteiger partial charge < -0.3 is 16.0 Å². The first kappa shape index (κ1) is 14.8. The van der Waals surface area contributed by atoms with Crippen LogP contribution in [0, 0.1) is 0 Å². The molecular formula is C14H20BrN3S. The molecule has 3 nitrogen and oxygen atoms in total. The second-order valence-corrected chi connectivity index (χ2v) is 6.24. The zero-order valence-corrected chi connectivity index (χ0v) is 13.4. The van der Waals surface area contributed by atoms with E-state index >= 15 is 0 Å². The number of benzene rings is 1. The summed E-state index contributed by atoms with van der Waals surface area (Å²) in [5.41, 5.74) is 7.68. The summed E-state index contributed by atoms with van der Waals surface area (Å²) >= 11 is 8.54. The van der Waals surface area contributed by atoms with E-state index in [0.29, 0.717) is 4.99 Å². The summed E-state index contributed by atoms with van der Waals surface area (Å²) in [4.78, 5) is 2.94. The van der Waals surface area contributed by atoms with Gasteiger partial charge in [0.1, 0.15) is 4.99 Å². The van der Waals surface area contributed by atoms with Crippen molar-refractivity contribution >= 4 is 38.8 Å². The molecule has 0 bridgehead atoms. The number of halogens is 1. The lowest BCUT2D eigenvalue weighted by Crippen LogP contribution is -2.33. The Morgan fingerprint density at radius 2 is 2.05 bits per heavy atom. The average Bonchev–Trinajstić information content (AvgIpc) is 2.41. The largest absolute Gasteiger partial charge is 0.389 e. The maximum Gasteiger partial charge on any atom is 0.106 e. The predicted molar refractivity (Wildman–Crippen MR) is 88.8 cm³/mol. The van der Waals surface area contributed by atoms with Crippen molar-refractivity contribution in [3.05, 3.63) is 28.2 Å². The molecule has 19 heavy (non-hydrogen) atoms. The van der Waals surface area contributed by atoms with Crippen LogP contribution in [-0.2, 0) is 0 Å². The van der Waals surface area contributed by atoms with Crippen molar-refractivity contribution in [3.63, 3.8) is 0 Å². The number of nitrogens with one attached hydrogen (secondary N) is 1. The minimum Gasteiger partial charge on any atom is -0.389 e. The van der Waals surface area contributed by atoms with Crippen molar-refractivity contribution in [2.75, 3.05) is 31.5 Å². The summed E-state index contributed by atoms with van der Waals surface area (Å²) in [6.45, 7) is 4.46. The van der Waals surface area contributed by atoms with Crippen molar-refractivity contribution in [2.24, 2.45) is 5.73 Å². The molecule has 1 heterocycles. The number of hydrogen-bond donors (Lipinski definition) is 2. The first-order valence-electron chi connectivity index (χ1n) is 6.72. The molecular weight excluding hydrogens is 322 g/mol. The van der Waals surface area contributed by atoms with Gasteiger partial charge in [-0.1, -0.05) is 34.6 Å². The Morgan fingerprint density at radius 3 is 2.74 bits per heavy atom. The molecule has 1 aromatic rings. The molecule has 0 unspecified atom stereocenters. The van der Waals surface area contributed by atoms with Crippen LogP contribution in [0.1, 0.15) is 24.8 Å². The summed E-state index contributed by atoms with van der Waals surface area (Å²) in [7, 11) is 0. The lowest BCUT2D eigenvalue weighted by molar-refractivity contribution is 0.237. The van der Waals surface area contributed by atoms with E-state index in [1.165, 1.54) is 32.4 Å². The van der Waals surface area contributed by atoms with Crippen molar-refractivity contribution in [1.29, 1.82) is 0 Å². The minimum absolute atomic E-state index is 0.432. The normalized spacial score (nSPS) is 16.3. The fraction of sp³-hybridized carbons (Fsp3) is 0.500. The van der Waals surface area contributed by atoms with Gasteiger partial charge in [0, 0.05) is 28.8 Å². The molecule has 2 rings (SSSR count). The van der Waals surface area contributed by atoms with E-state index < -0.39 is 0 Å². The maximum absolute atomic E-state index is 5.76. The molecule has 5 heteroatoms. The lowest BCUT2D eigenvalue weighted by Gasteiger charge is -2.26. The van der Waals surface area contributed by atoms with Crippen LogP contribution in [0.5, 0.6) is 0 Å². The average molecular weight is 342 g/mol. The van der Waals surface area contributed by atoms with E-state index in [1.54, 1.807) is 0 Å². The molecule has 1 fully saturated rings. The third-order valence-electron chi connectivity index (χ3n) is 3.44. The topological polar surface area (TPSA) is 41.3 Å². The Bertz CT molecular complexity index is 444. The molecule has 0 aromatic heterocycles.